The number of nitrogen functional groups attached to an aromatic ring is 1. The number of ketones is 1. The van der Waals surface area contributed by atoms with Gasteiger partial charge in [0.2, 0.25) is 11.9 Å². The molecule has 3 rings (SSSR count). The van der Waals surface area contributed by atoms with Crippen LogP contribution in [-0.4, -0.2) is 50.6 Å². The van der Waals surface area contributed by atoms with Gasteiger partial charge >= 0.3 is 0 Å². The number of carbonyl (C=O) groups is 3. The zero-order valence-electron chi connectivity index (χ0n) is 18.8. The van der Waals surface area contributed by atoms with E-state index in [1.807, 2.05) is 0 Å². The third-order valence-electron chi connectivity index (χ3n) is 5.09. The molecule has 0 saturated carbocycles. The zero-order chi connectivity index (χ0) is 24.7. The van der Waals surface area contributed by atoms with E-state index in [9.17, 15) is 19.2 Å². The van der Waals surface area contributed by atoms with Gasteiger partial charge < -0.3 is 21.7 Å². The summed E-state index contributed by atoms with van der Waals surface area (Å²) in [6.07, 6.45) is 2.12. The largest absolute Gasteiger partial charge is 0.379 e. The van der Waals surface area contributed by atoms with Crippen molar-refractivity contribution >= 4 is 40.4 Å². The molecule has 2 amide bonds. The number of aromatic amines is 1. The first kappa shape index (κ1) is 24.3. The van der Waals surface area contributed by atoms with E-state index in [2.05, 4.69) is 35.9 Å². The summed E-state index contributed by atoms with van der Waals surface area (Å²) in [4.78, 5) is 63.0. The Morgan fingerprint density at radius 1 is 1.15 bits per heavy atom. The Morgan fingerprint density at radius 3 is 2.56 bits per heavy atom. The lowest BCUT2D eigenvalue weighted by Crippen LogP contribution is -2.41. The predicted octanol–water partition coefficient (Wildman–Crippen LogP) is 0.511. The fraction of sp³-hybridized carbons (Fsp3) is 0.318. The fourth-order valence-corrected chi connectivity index (χ4v) is 3.19. The van der Waals surface area contributed by atoms with Crippen LogP contribution in [0.25, 0.3) is 11.2 Å². The first-order valence-corrected chi connectivity index (χ1v) is 10.7. The van der Waals surface area contributed by atoms with Gasteiger partial charge in [-0.2, -0.15) is 4.98 Å². The maximum atomic E-state index is 12.6. The number of aromatic nitrogens is 4. The number of Topliss-reactive ketones (excluding diaryl/α,β-unsaturated/α-hetero) is 1. The quantitative estimate of drug-likeness (QED) is 0.284. The molecule has 0 saturated heterocycles. The number of hydrogen-bond acceptors (Lipinski definition) is 9. The van der Waals surface area contributed by atoms with E-state index >= 15 is 0 Å². The summed E-state index contributed by atoms with van der Waals surface area (Å²) < 4.78 is 0. The van der Waals surface area contributed by atoms with Crippen molar-refractivity contribution < 1.29 is 14.4 Å². The molecule has 6 N–H and O–H groups in total. The van der Waals surface area contributed by atoms with Gasteiger partial charge in [-0.1, -0.05) is 6.92 Å². The lowest BCUT2D eigenvalue weighted by Gasteiger charge is -2.17. The molecule has 2 heterocycles. The van der Waals surface area contributed by atoms with E-state index in [1.165, 1.54) is 13.2 Å². The molecule has 0 spiro atoms. The summed E-state index contributed by atoms with van der Waals surface area (Å²) in [6.45, 7) is 1.99. The molecular formula is C22H26N8O4. The number of anilines is 2. The Labute approximate surface area is 194 Å². The SMILES string of the molecule is CCC(=O)C(CCC(=O)NC)NC(=O)c1ccc(NCc2cnc3nc(N)[nH]c(=O)c3n2)cc1. The molecule has 3 aromatic rings. The maximum absolute atomic E-state index is 12.6. The highest BCUT2D eigenvalue weighted by molar-refractivity contribution is 5.98. The van der Waals surface area contributed by atoms with Crippen LogP contribution in [0.3, 0.4) is 0 Å². The highest BCUT2D eigenvalue weighted by Gasteiger charge is 2.21. The molecule has 0 bridgehead atoms. The summed E-state index contributed by atoms with van der Waals surface area (Å²) in [6, 6.07) is 5.92. The molecular weight excluding hydrogens is 440 g/mol. The molecule has 0 fully saturated rings. The van der Waals surface area contributed by atoms with Crippen molar-refractivity contribution in [2.75, 3.05) is 18.1 Å². The molecule has 0 aliphatic heterocycles. The van der Waals surface area contributed by atoms with Gasteiger partial charge in [-0.3, -0.25) is 24.2 Å². The molecule has 1 aromatic carbocycles. The third kappa shape index (κ3) is 6.12. The summed E-state index contributed by atoms with van der Waals surface area (Å²) in [5.41, 5.74) is 6.89. The predicted molar refractivity (Wildman–Crippen MR) is 126 cm³/mol. The number of hydrogen-bond donors (Lipinski definition) is 5. The van der Waals surface area contributed by atoms with Crippen LogP contribution in [0.15, 0.2) is 35.3 Å². The summed E-state index contributed by atoms with van der Waals surface area (Å²) >= 11 is 0. The minimum atomic E-state index is -0.730. The third-order valence-corrected chi connectivity index (χ3v) is 5.09. The standard InChI is InChI=1S/C22H26N8O4/c1-3-16(31)15(8-9-17(32)24-2)28-20(33)12-4-6-13(7-5-12)25-10-14-11-26-19-18(27-14)21(34)30-22(23)29-19/h4-7,11,15,25H,3,8-10H2,1-2H3,(H,24,32)(H,28,33)(H3,23,26,29,30,34). The number of rotatable bonds is 10. The van der Waals surface area contributed by atoms with Crippen LogP contribution in [0.2, 0.25) is 0 Å². The minimum absolute atomic E-state index is 0.0290. The van der Waals surface area contributed by atoms with Crippen LogP contribution in [0.4, 0.5) is 11.6 Å². The van der Waals surface area contributed by atoms with Crippen LogP contribution >= 0.6 is 0 Å². The monoisotopic (exact) mass is 466 g/mol. The van der Waals surface area contributed by atoms with Crippen LogP contribution in [-0.2, 0) is 16.1 Å². The fourth-order valence-electron chi connectivity index (χ4n) is 3.19. The van der Waals surface area contributed by atoms with E-state index in [0.29, 0.717) is 16.9 Å². The van der Waals surface area contributed by atoms with Gasteiger partial charge in [0.25, 0.3) is 11.5 Å². The van der Waals surface area contributed by atoms with Gasteiger partial charge in [-0.25, -0.2) is 9.97 Å². The van der Waals surface area contributed by atoms with E-state index in [1.54, 1.807) is 31.2 Å². The summed E-state index contributed by atoms with van der Waals surface area (Å²) in [7, 11) is 1.52. The second-order valence-corrected chi connectivity index (χ2v) is 7.47. The average Bonchev–Trinajstić information content (AvgIpc) is 2.84. The van der Waals surface area contributed by atoms with E-state index < -0.39 is 17.5 Å². The van der Waals surface area contributed by atoms with Crippen molar-refractivity contribution in [2.24, 2.45) is 0 Å². The van der Waals surface area contributed by atoms with Crippen molar-refractivity contribution in [1.29, 1.82) is 0 Å². The smallest absolute Gasteiger partial charge is 0.280 e. The Kier molecular flexibility index (Phi) is 7.85. The number of amides is 2. The number of nitrogens with one attached hydrogen (secondary N) is 4. The Balaban J connectivity index is 1.62. The number of fused-ring (bicyclic) bond motifs is 1. The number of benzene rings is 1. The van der Waals surface area contributed by atoms with Crippen LogP contribution in [0, 0.1) is 0 Å². The van der Waals surface area contributed by atoms with Gasteiger partial charge in [0.15, 0.2) is 16.9 Å². The molecule has 0 aliphatic carbocycles. The van der Waals surface area contributed by atoms with Gasteiger partial charge in [-0.15, -0.1) is 0 Å². The molecule has 1 atom stereocenters. The Hall–Kier alpha value is -4.35. The summed E-state index contributed by atoms with van der Waals surface area (Å²) in [5, 5.41) is 8.35. The van der Waals surface area contributed by atoms with E-state index in [4.69, 9.17) is 5.73 Å². The van der Waals surface area contributed by atoms with Gasteiger partial charge in [0.1, 0.15) is 0 Å². The van der Waals surface area contributed by atoms with Crippen molar-refractivity contribution in [3.05, 3.63) is 52.1 Å². The van der Waals surface area contributed by atoms with E-state index in [0.717, 1.165) is 0 Å². The highest BCUT2D eigenvalue weighted by Crippen LogP contribution is 2.12. The molecule has 2 aromatic heterocycles. The van der Waals surface area contributed by atoms with E-state index in [-0.39, 0.29) is 54.6 Å². The Morgan fingerprint density at radius 2 is 1.88 bits per heavy atom. The highest BCUT2D eigenvalue weighted by atomic mass is 16.2. The summed E-state index contributed by atoms with van der Waals surface area (Å²) in [5.74, 6) is -0.760. The second kappa shape index (κ2) is 11.0. The lowest BCUT2D eigenvalue weighted by atomic mass is 10.0. The van der Waals surface area contributed by atoms with Crippen molar-refractivity contribution in [3.63, 3.8) is 0 Å². The lowest BCUT2D eigenvalue weighted by molar-refractivity contribution is -0.122. The molecule has 0 radical (unpaired) electrons. The molecule has 178 valence electrons. The van der Waals surface area contributed by atoms with Crippen molar-refractivity contribution in [2.45, 2.75) is 38.8 Å². The molecule has 1 unspecified atom stereocenters. The zero-order valence-corrected chi connectivity index (χ0v) is 18.8. The first-order valence-electron chi connectivity index (χ1n) is 10.7. The van der Waals surface area contributed by atoms with Crippen molar-refractivity contribution in [1.82, 2.24) is 30.6 Å². The van der Waals surface area contributed by atoms with Crippen LogP contribution < -0.4 is 27.2 Å². The van der Waals surface area contributed by atoms with Crippen LogP contribution in [0.5, 0.6) is 0 Å². The molecule has 12 nitrogen and oxygen atoms in total. The Bertz CT molecular complexity index is 1260. The second-order valence-electron chi connectivity index (χ2n) is 7.47. The minimum Gasteiger partial charge on any atom is -0.379 e. The molecule has 0 aliphatic rings. The van der Waals surface area contributed by atoms with Gasteiger partial charge in [-0.05, 0) is 30.7 Å². The van der Waals surface area contributed by atoms with Crippen molar-refractivity contribution in [3.8, 4) is 0 Å². The maximum Gasteiger partial charge on any atom is 0.280 e. The molecule has 12 heteroatoms. The number of nitrogens with zero attached hydrogens (tertiary/aromatic N) is 3. The number of H-pyrrole nitrogens is 1. The van der Waals surface area contributed by atoms with Gasteiger partial charge in [0, 0.05) is 31.1 Å². The number of nitrogens with two attached hydrogens (primary N) is 1. The normalized spacial score (nSPS) is 11.6. The topological polar surface area (TPSA) is 185 Å². The average molecular weight is 467 g/mol. The first-order chi connectivity index (χ1) is 16.3. The van der Waals surface area contributed by atoms with Gasteiger partial charge in [0.05, 0.1) is 24.5 Å². The number of carbonyl (C=O) groups excluding carboxylic acids is 3. The van der Waals surface area contributed by atoms with Crippen LogP contribution in [0.1, 0.15) is 42.2 Å². The molecule has 34 heavy (non-hydrogen) atoms.